The first kappa shape index (κ1) is 9.86. The van der Waals surface area contributed by atoms with Crippen molar-refractivity contribution < 1.29 is 9.84 Å². The van der Waals surface area contributed by atoms with Crippen molar-refractivity contribution in [1.82, 2.24) is 0 Å². The number of hydrogen-bond acceptors (Lipinski definition) is 2. The van der Waals surface area contributed by atoms with Gasteiger partial charge in [0.1, 0.15) is 0 Å². The molecule has 0 aromatic carbocycles. The van der Waals surface area contributed by atoms with Crippen LogP contribution in [0.5, 0.6) is 0 Å². The first-order valence-electron chi connectivity index (χ1n) is 6.05. The molecule has 4 fully saturated rings. The third kappa shape index (κ3) is 1.38. The second kappa shape index (κ2) is 2.86. The normalized spacial score (nSPS) is 54.1. The van der Waals surface area contributed by atoms with Gasteiger partial charge in [-0.05, 0) is 44.4 Å². The molecule has 1 heterocycles. The van der Waals surface area contributed by atoms with Crippen LogP contribution in [0.3, 0.4) is 0 Å². The van der Waals surface area contributed by atoms with Crippen LogP contribution in [0.4, 0.5) is 0 Å². The van der Waals surface area contributed by atoms with Crippen molar-refractivity contribution in [2.75, 3.05) is 6.61 Å². The Balaban J connectivity index is 1.89. The lowest BCUT2D eigenvalue weighted by Gasteiger charge is -2.57. The maximum Gasteiger partial charge on any atom is 0.162 e. The van der Waals surface area contributed by atoms with E-state index in [1.807, 2.05) is 0 Å². The third-order valence-electron chi connectivity index (χ3n) is 4.88. The quantitative estimate of drug-likeness (QED) is 0.620. The van der Waals surface area contributed by atoms with E-state index >= 15 is 0 Å². The van der Waals surface area contributed by atoms with Gasteiger partial charge in [-0.3, -0.25) is 0 Å². The Labute approximate surface area is 91.3 Å². The van der Waals surface area contributed by atoms with Gasteiger partial charge in [0.25, 0.3) is 0 Å². The molecule has 0 aromatic rings. The second-order valence-corrected chi connectivity index (χ2v) is 6.03. The maximum atomic E-state index is 9.96. The van der Waals surface area contributed by atoms with Gasteiger partial charge in [0, 0.05) is 11.8 Å². The average Bonchev–Trinajstić information content (AvgIpc) is 2.17. The summed E-state index contributed by atoms with van der Waals surface area (Å²) in [5.41, 5.74) is 1.76. The van der Waals surface area contributed by atoms with Gasteiger partial charge < -0.3 is 9.84 Å². The number of hydrogen-bond donors (Lipinski definition) is 1. The van der Waals surface area contributed by atoms with Crippen LogP contribution in [0.25, 0.3) is 0 Å². The highest BCUT2D eigenvalue weighted by atomic mass is 16.6. The summed E-state index contributed by atoms with van der Waals surface area (Å²) in [7, 11) is 0. The Bertz CT molecular complexity index is 308. The van der Waals surface area contributed by atoms with E-state index in [4.69, 9.17) is 4.74 Å². The van der Waals surface area contributed by atoms with Crippen molar-refractivity contribution in [3.8, 4) is 0 Å². The Morgan fingerprint density at radius 1 is 1.53 bits per heavy atom. The summed E-state index contributed by atoms with van der Waals surface area (Å²) in [5.74, 6) is 0.505. The van der Waals surface area contributed by atoms with Crippen LogP contribution in [-0.2, 0) is 4.74 Å². The van der Waals surface area contributed by atoms with Crippen molar-refractivity contribution in [3.63, 3.8) is 0 Å². The third-order valence-corrected chi connectivity index (χ3v) is 4.88. The van der Waals surface area contributed by atoms with Crippen LogP contribution < -0.4 is 0 Å². The van der Waals surface area contributed by atoms with E-state index in [0.717, 1.165) is 25.4 Å². The van der Waals surface area contributed by atoms with Crippen LogP contribution in [0.2, 0.25) is 0 Å². The monoisotopic (exact) mass is 208 g/mol. The first-order chi connectivity index (χ1) is 7.01. The van der Waals surface area contributed by atoms with Crippen molar-refractivity contribution in [2.45, 2.75) is 44.8 Å². The first-order valence-corrected chi connectivity index (χ1v) is 6.05. The maximum absolute atomic E-state index is 9.96. The molecule has 3 aliphatic carbocycles. The molecule has 1 spiro atoms. The molecule has 4 rings (SSSR count). The molecule has 1 unspecified atom stereocenters. The average molecular weight is 208 g/mol. The lowest BCUT2D eigenvalue weighted by atomic mass is 9.52. The Hall–Kier alpha value is -0.340. The summed E-state index contributed by atoms with van der Waals surface area (Å²) < 4.78 is 5.62. The SMILES string of the molecule is C=C1C[C@]23CC[C@H]1CC2C[C@](C)(O)OC3. The molecule has 84 valence electrons. The highest BCUT2D eigenvalue weighted by Crippen LogP contribution is 2.59. The van der Waals surface area contributed by atoms with Crippen LogP contribution in [0.1, 0.15) is 39.0 Å². The molecule has 0 radical (unpaired) electrons. The predicted molar refractivity (Wildman–Crippen MR) is 58.2 cm³/mol. The van der Waals surface area contributed by atoms with E-state index in [1.165, 1.54) is 24.8 Å². The molecule has 2 heteroatoms. The molecule has 4 atom stereocenters. The Kier molecular flexibility index (Phi) is 1.88. The molecule has 1 aliphatic heterocycles. The minimum absolute atomic E-state index is 0.327. The molecular formula is C13H20O2. The fraction of sp³-hybridized carbons (Fsp3) is 0.846. The summed E-state index contributed by atoms with van der Waals surface area (Å²) in [4.78, 5) is 0. The van der Waals surface area contributed by atoms with Gasteiger partial charge in [0.2, 0.25) is 0 Å². The fourth-order valence-corrected chi connectivity index (χ4v) is 3.93. The largest absolute Gasteiger partial charge is 0.366 e. The van der Waals surface area contributed by atoms with Gasteiger partial charge in [-0.15, -0.1) is 0 Å². The zero-order valence-corrected chi connectivity index (χ0v) is 9.46. The molecular weight excluding hydrogens is 188 g/mol. The lowest BCUT2D eigenvalue weighted by molar-refractivity contribution is -0.271. The van der Waals surface area contributed by atoms with Crippen molar-refractivity contribution in [2.24, 2.45) is 17.3 Å². The topological polar surface area (TPSA) is 29.5 Å². The van der Waals surface area contributed by atoms with E-state index in [2.05, 4.69) is 6.58 Å². The molecule has 0 aromatic heterocycles. The van der Waals surface area contributed by atoms with Crippen LogP contribution in [0, 0.1) is 17.3 Å². The van der Waals surface area contributed by atoms with E-state index in [1.54, 1.807) is 6.92 Å². The van der Waals surface area contributed by atoms with Crippen LogP contribution in [-0.4, -0.2) is 17.5 Å². The van der Waals surface area contributed by atoms with Gasteiger partial charge in [-0.25, -0.2) is 0 Å². The molecule has 15 heavy (non-hydrogen) atoms. The van der Waals surface area contributed by atoms with Gasteiger partial charge in [0.15, 0.2) is 5.79 Å². The smallest absolute Gasteiger partial charge is 0.162 e. The zero-order chi connectivity index (χ0) is 10.7. The fourth-order valence-electron chi connectivity index (χ4n) is 3.93. The van der Waals surface area contributed by atoms with E-state index in [0.29, 0.717) is 11.3 Å². The molecule has 3 saturated carbocycles. The second-order valence-electron chi connectivity index (χ2n) is 6.03. The predicted octanol–water partition coefficient (Wildman–Crippen LogP) is 2.48. The van der Waals surface area contributed by atoms with Crippen molar-refractivity contribution in [3.05, 3.63) is 12.2 Å². The Morgan fingerprint density at radius 3 is 3.07 bits per heavy atom. The van der Waals surface area contributed by atoms with Crippen LogP contribution in [0.15, 0.2) is 12.2 Å². The van der Waals surface area contributed by atoms with Crippen molar-refractivity contribution in [1.29, 1.82) is 0 Å². The van der Waals surface area contributed by atoms with Crippen LogP contribution >= 0.6 is 0 Å². The molecule has 1 saturated heterocycles. The highest BCUT2D eigenvalue weighted by Gasteiger charge is 2.54. The number of ether oxygens (including phenoxy) is 1. The van der Waals surface area contributed by atoms with Gasteiger partial charge in [-0.1, -0.05) is 12.2 Å². The van der Waals surface area contributed by atoms with E-state index in [-0.39, 0.29) is 0 Å². The molecule has 1 N–H and O–H groups in total. The standard InChI is InChI=1S/C13H20O2/c1-9-6-13-4-3-10(9)5-11(13)7-12(2,14)15-8-13/h10-11,14H,1,3-8H2,2H3/t10-,11?,12+,13-/m0/s1. The molecule has 4 aliphatic rings. The van der Waals surface area contributed by atoms with Gasteiger partial charge >= 0.3 is 0 Å². The summed E-state index contributed by atoms with van der Waals surface area (Å²) in [6, 6.07) is 0. The van der Waals surface area contributed by atoms with Gasteiger partial charge in [0.05, 0.1) is 6.61 Å². The molecule has 2 nitrogen and oxygen atoms in total. The minimum atomic E-state index is -0.880. The van der Waals surface area contributed by atoms with Gasteiger partial charge in [-0.2, -0.15) is 0 Å². The van der Waals surface area contributed by atoms with Crippen molar-refractivity contribution >= 4 is 0 Å². The molecule has 0 amide bonds. The summed E-state index contributed by atoms with van der Waals surface area (Å²) in [6.45, 7) is 6.74. The summed E-state index contributed by atoms with van der Waals surface area (Å²) in [5, 5.41) is 9.96. The minimum Gasteiger partial charge on any atom is -0.366 e. The van der Waals surface area contributed by atoms with E-state index in [9.17, 15) is 5.11 Å². The molecule has 2 bridgehead atoms. The number of aliphatic hydroxyl groups is 1. The number of allylic oxidation sites excluding steroid dienone is 1. The number of rotatable bonds is 0. The van der Waals surface area contributed by atoms with E-state index < -0.39 is 5.79 Å². The lowest BCUT2D eigenvalue weighted by Crippen LogP contribution is -2.54. The Morgan fingerprint density at radius 2 is 2.33 bits per heavy atom. The summed E-state index contributed by atoms with van der Waals surface area (Å²) in [6.07, 6.45) is 5.76. The number of fused-ring (bicyclic) bond motifs is 2. The summed E-state index contributed by atoms with van der Waals surface area (Å²) >= 11 is 0. The zero-order valence-electron chi connectivity index (χ0n) is 9.46. The highest BCUT2D eigenvalue weighted by molar-refractivity contribution is 5.17.